The van der Waals surface area contributed by atoms with Crippen LogP contribution in [0.15, 0.2) is 42.7 Å². The Bertz CT molecular complexity index is 1200. The average Bonchev–Trinajstić information content (AvgIpc) is 3.74. The van der Waals surface area contributed by atoms with E-state index in [4.69, 9.17) is 0 Å². The van der Waals surface area contributed by atoms with E-state index in [0.29, 0.717) is 47.3 Å². The van der Waals surface area contributed by atoms with E-state index in [1.807, 2.05) is 35.1 Å². The van der Waals surface area contributed by atoms with Crippen molar-refractivity contribution in [1.29, 1.82) is 0 Å². The molecule has 0 aliphatic heterocycles. The molecule has 0 bridgehead atoms. The van der Waals surface area contributed by atoms with E-state index < -0.39 is 0 Å². The van der Waals surface area contributed by atoms with E-state index in [1.54, 1.807) is 0 Å². The quantitative estimate of drug-likeness (QED) is 0.199. The van der Waals surface area contributed by atoms with Gasteiger partial charge in [-0.25, -0.2) is 4.98 Å². The van der Waals surface area contributed by atoms with Crippen LogP contribution in [0.4, 0.5) is 0 Å². The minimum atomic E-state index is 0. The van der Waals surface area contributed by atoms with E-state index in [-0.39, 0.29) is 22.3 Å². The lowest BCUT2D eigenvalue weighted by Gasteiger charge is -2.08. The molecule has 0 amide bonds. The van der Waals surface area contributed by atoms with Crippen LogP contribution in [-0.2, 0) is 0 Å². The number of thiophene rings is 1. The van der Waals surface area contributed by atoms with Crippen molar-refractivity contribution in [3.63, 3.8) is 0 Å². The lowest BCUT2D eigenvalue weighted by Crippen LogP contribution is -1.98. The normalized spacial score (nSPS) is 10.7. The van der Waals surface area contributed by atoms with Gasteiger partial charge in [-0.3, -0.25) is 10.1 Å². The van der Waals surface area contributed by atoms with Crippen molar-refractivity contribution in [3.8, 4) is 0 Å². The molecular weight excluding hydrogens is 625 g/mol. The molecule has 4 aromatic heterocycles. The highest BCUT2D eigenvalue weighted by atomic mass is 32.1. The zero-order chi connectivity index (χ0) is 34.4. The first-order chi connectivity index (χ1) is 21.0. The smallest absolute Gasteiger partial charge is 0.0953 e. The highest BCUT2D eigenvalue weighted by molar-refractivity contribution is 7.12. The monoisotopic (exact) mass is 701 g/mol. The summed E-state index contributed by atoms with van der Waals surface area (Å²) in [7, 11) is 0. The van der Waals surface area contributed by atoms with Crippen molar-refractivity contribution >= 4 is 22.7 Å². The van der Waals surface area contributed by atoms with Gasteiger partial charge in [-0.1, -0.05) is 139 Å². The highest BCUT2D eigenvalue weighted by Crippen LogP contribution is 2.29. The Kier molecular flexibility index (Phi) is 25.8. The van der Waals surface area contributed by atoms with Crippen molar-refractivity contribution in [2.24, 2.45) is 0 Å². The second-order valence-corrected chi connectivity index (χ2v) is 16.5. The van der Waals surface area contributed by atoms with Gasteiger partial charge in [0.15, 0.2) is 0 Å². The SMILES string of the molecule is C.C.C.CC(C)c1ccc(C(C)C)s1.CC(C)c1cccc(C(C)C)n1.CC(C)c1cn[nH]c1C(C)C.CC(C)c1cnc(C(C)C)s1. The van der Waals surface area contributed by atoms with Crippen molar-refractivity contribution < 1.29 is 0 Å². The largest absolute Gasteiger partial charge is 0.282 e. The fraction of sp³-hybridized carbons (Fsp3) is 0.643. The molecule has 4 nitrogen and oxygen atoms in total. The maximum atomic E-state index is 4.57. The molecule has 0 saturated carbocycles. The summed E-state index contributed by atoms with van der Waals surface area (Å²) in [4.78, 5) is 13.3. The van der Waals surface area contributed by atoms with Crippen molar-refractivity contribution in [3.05, 3.63) is 85.0 Å². The van der Waals surface area contributed by atoms with Crippen molar-refractivity contribution in [1.82, 2.24) is 20.2 Å². The highest BCUT2D eigenvalue weighted by Gasteiger charge is 2.11. The molecule has 4 heterocycles. The molecule has 4 rings (SSSR count). The Balaban J connectivity index is -0.000000551. The average molecular weight is 701 g/mol. The fourth-order valence-corrected chi connectivity index (χ4v) is 6.10. The summed E-state index contributed by atoms with van der Waals surface area (Å²) in [5.74, 6) is 4.76. The number of thiazole rings is 1. The summed E-state index contributed by atoms with van der Waals surface area (Å²) in [6.45, 7) is 35.2. The van der Waals surface area contributed by atoms with Gasteiger partial charge in [0.1, 0.15) is 0 Å². The number of H-pyrrole nitrogens is 1. The molecule has 0 atom stereocenters. The number of pyridine rings is 1. The predicted octanol–water partition coefficient (Wildman–Crippen LogP) is 15.3. The molecule has 4 aromatic rings. The second kappa shape index (κ2) is 24.8. The summed E-state index contributed by atoms with van der Waals surface area (Å²) in [5, 5.41) is 8.33. The van der Waals surface area contributed by atoms with Crippen molar-refractivity contribution in [2.75, 3.05) is 0 Å². The lowest BCUT2D eigenvalue weighted by atomic mass is 9.98. The van der Waals surface area contributed by atoms with E-state index in [9.17, 15) is 0 Å². The first kappa shape index (κ1) is 50.1. The first-order valence-corrected chi connectivity index (χ1v) is 18.6. The van der Waals surface area contributed by atoms with Crippen LogP contribution in [0, 0.1) is 0 Å². The minimum Gasteiger partial charge on any atom is -0.282 e. The number of nitrogens with one attached hydrogen (secondary N) is 1. The van der Waals surface area contributed by atoms with Gasteiger partial charge in [-0.05, 0) is 71.3 Å². The molecule has 0 fully saturated rings. The van der Waals surface area contributed by atoms with Gasteiger partial charge in [0.2, 0.25) is 0 Å². The number of rotatable bonds is 8. The molecule has 0 spiro atoms. The molecule has 0 aliphatic rings. The van der Waals surface area contributed by atoms with Crippen LogP contribution in [0.25, 0.3) is 0 Å². The van der Waals surface area contributed by atoms with Crippen LogP contribution < -0.4 is 0 Å². The molecule has 0 aromatic carbocycles. The van der Waals surface area contributed by atoms with E-state index in [2.05, 4.69) is 161 Å². The topological polar surface area (TPSA) is 54.5 Å². The Labute approximate surface area is 307 Å². The molecule has 0 unspecified atom stereocenters. The lowest BCUT2D eigenvalue weighted by molar-refractivity contribution is 0.765. The third kappa shape index (κ3) is 17.4. The van der Waals surface area contributed by atoms with E-state index in [1.165, 1.54) is 42.3 Å². The standard InChI is InChI=1S/C11H17N.C10H16S.C9H16N2.C9H15NS.3CH4/c1-8(2)10-6-5-7-11(12-10)9(3)4;1-7(2)9-5-6-10(11-9)8(3)4;1-6(2)8-5-10-11-9(8)7(3)4;1-6(2)8-5-10-9(11-8)7(3)4;;;/h5-9H,1-4H3;5-8H,1-4H3;5-7H,1-4H3,(H,10,11);5-7H,1-4H3;3*1H4. The van der Waals surface area contributed by atoms with Gasteiger partial charge in [0.05, 0.1) is 11.2 Å². The third-order valence-electron chi connectivity index (χ3n) is 7.26. The van der Waals surface area contributed by atoms with Crippen molar-refractivity contribution in [2.45, 2.75) is 180 Å². The zero-order valence-electron chi connectivity index (χ0n) is 31.3. The maximum Gasteiger partial charge on any atom is 0.0953 e. The summed E-state index contributed by atoms with van der Waals surface area (Å²) in [5.41, 5.74) is 5.02. The maximum absolute atomic E-state index is 4.57. The summed E-state index contributed by atoms with van der Waals surface area (Å²) in [6, 6.07) is 10.8. The van der Waals surface area contributed by atoms with Crippen LogP contribution in [0.5, 0.6) is 0 Å². The molecule has 0 aliphatic carbocycles. The van der Waals surface area contributed by atoms with Gasteiger partial charge >= 0.3 is 0 Å². The van der Waals surface area contributed by atoms with Gasteiger partial charge in [-0.15, -0.1) is 22.7 Å². The summed E-state index contributed by atoms with van der Waals surface area (Å²) >= 11 is 3.79. The van der Waals surface area contributed by atoms with Crippen LogP contribution in [0.1, 0.15) is 223 Å². The van der Waals surface area contributed by atoms with E-state index in [0.717, 1.165) is 0 Å². The van der Waals surface area contributed by atoms with Gasteiger partial charge < -0.3 is 0 Å². The Morgan fingerprint density at radius 3 is 1.21 bits per heavy atom. The fourth-order valence-electron chi connectivity index (χ4n) is 4.16. The minimum absolute atomic E-state index is 0. The van der Waals surface area contributed by atoms with Crippen LogP contribution in [0.2, 0.25) is 0 Å². The Morgan fingerprint density at radius 2 is 0.938 bits per heavy atom. The van der Waals surface area contributed by atoms with Gasteiger partial charge in [0, 0.05) is 43.8 Å². The molecular formula is C42H76N4S2. The first-order valence-electron chi connectivity index (χ1n) is 17.0. The number of hydrogen-bond donors (Lipinski definition) is 1. The number of nitrogens with zero attached hydrogens (tertiary/aromatic N) is 3. The summed E-state index contributed by atoms with van der Waals surface area (Å²) < 4.78 is 0. The molecule has 0 radical (unpaired) electrons. The number of aromatic amines is 1. The van der Waals surface area contributed by atoms with Gasteiger partial charge in [0.25, 0.3) is 0 Å². The van der Waals surface area contributed by atoms with Crippen LogP contribution in [-0.4, -0.2) is 20.2 Å². The van der Waals surface area contributed by atoms with E-state index >= 15 is 0 Å². The predicted molar refractivity (Wildman–Crippen MR) is 222 cm³/mol. The zero-order valence-corrected chi connectivity index (χ0v) is 33.0. The van der Waals surface area contributed by atoms with Crippen LogP contribution >= 0.6 is 22.7 Å². The second-order valence-electron chi connectivity index (χ2n) is 14.3. The molecule has 48 heavy (non-hydrogen) atoms. The summed E-state index contributed by atoms with van der Waals surface area (Å²) in [6.07, 6.45) is 3.94. The molecule has 276 valence electrons. The van der Waals surface area contributed by atoms with Crippen LogP contribution in [0.3, 0.4) is 0 Å². The Morgan fingerprint density at radius 1 is 0.479 bits per heavy atom. The molecule has 6 heteroatoms. The van der Waals surface area contributed by atoms with Gasteiger partial charge in [-0.2, -0.15) is 5.10 Å². The third-order valence-corrected chi connectivity index (χ3v) is 10.5. The Hall–Kier alpha value is -2.31. The number of aromatic nitrogens is 4. The molecule has 1 N–H and O–H groups in total. The number of hydrogen-bond acceptors (Lipinski definition) is 5. The molecule has 0 saturated heterocycles.